The highest BCUT2D eigenvalue weighted by Gasteiger charge is 2.17. The molecule has 0 radical (unpaired) electrons. The lowest BCUT2D eigenvalue weighted by molar-refractivity contribution is 0.0736. The Bertz CT molecular complexity index is 1210. The maximum Gasteiger partial charge on any atom is 0.345 e. The molecule has 0 unspecified atom stereocenters. The SMILES string of the molecule is O=C(Nc1ccccc1C(=O)Oc1ccc(Cl)cc1)c1ccc2ccccc2n1. The van der Waals surface area contributed by atoms with Gasteiger partial charge in [0.15, 0.2) is 0 Å². The number of hydrogen-bond donors (Lipinski definition) is 1. The summed E-state index contributed by atoms with van der Waals surface area (Å²) < 4.78 is 5.38. The highest BCUT2D eigenvalue weighted by Crippen LogP contribution is 2.21. The first-order valence-corrected chi connectivity index (χ1v) is 9.22. The van der Waals surface area contributed by atoms with Gasteiger partial charge in [-0.05, 0) is 48.5 Å². The molecule has 1 heterocycles. The standard InChI is InChI=1S/C23H15ClN2O3/c24-16-10-12-17(13-11-16)29-23(28)18-6-2-4-8-20(18)26-22(27)21-14-9-15-5-1-3-7-19(15)25-21/h1-14H,(H,26,27). The molecule has 6 heteroatoms. The Kier molecular flexibility index (Phi) is 5.22. The second-order valence-corrected chi connectivity index (χ2v) is 6.67. The van der Waals surface area contributed by atoms with Crippen molar-refractivity contribution >= 4 is 40.1 Å². The molecule has 0 spiro atoms. The van der Waals surface area contributed by atoms with Crippen LogP contribution in [0.1, 0.15) is 20.8 Å². The van der Waals surface area contributed by atoms with E-state index in [-0.39, 0.29) is 11.3 Å². The molecule has 0 saturated carbocycles. The number of anilines is 1. The van der Waals surface area contributed by atoms with E-state index in [1.165, 1.54) is 0 Å². The van der Waals surface area contributed by atoms with Gasteiger partial charge in [0.05, 0.1) is 16.8 Å². The smallest absolute Gasteiger partial charge is 0.345 e. The van der Waals surface area contributed by atoms with Crippen LogP contribution in [0.2, 0.25) is 5.02 Å². The number of carbonyl (C=O) groups excluding carboxylic acids is 2. The maximum absolute atomic E-state index is 12.7. The topological polar surface area (TPSA) is 68.3 Å². The van der Waals surface area contributed by atoms with Crippen LogP contribution in [-0.2, 0) is 0 Å². The summed E-state index contributed by atoms with van der Waals surface area (Å²) in [5.74, 6) is -0.645. The molecular formula is C23H15ClN2O3. The zero-order valence-electron chi connectivity index (χ0n) is 15.1. The Hall–Kier alpha value is -3.70. The van der Waals surface area contributed by atoms with Crippen molar-refractivity contribution < 1.29 is 14.3 Å². The molecular weight excluding hydrogens is 388 g/mol. The Balaban J connectivity index is 1.56. The van der Waals surface area contributed by atoms with Crippen LogP contribution in [0.5, 0.6) is 5.75 Å². The quantitative estimate of drug-likeness (QED) is 0.368. The summed E-state index contributed by atoms with van der Waals surface area (Å²) >= 11 is 5.85. The van der Waals surface area contributed by atoms with E-state index >= 15 is 0 Å². The Morgan fingerprint density at radius 1 is 0.828 bits per heavy atom. The largest absolute Gasteiger partial charge is 0.423 e. The van der Waals surface area contributed by atoms with Gasteiger partial charge in [0.1, 0.15) is 11.4 Å². The second-order valence-electron chi connectivity index (χ2n) is 6.23. The predicted molar refractivity (Wildman–Crippen MR) is 113 cm³/mol. The van der Waals surface area contributed by atoms with Crippen LogP contribution in [-0.4, -0.2) is 16.9 Å². The number of rotatable bonds is 4. The van der Waals surface area contributed by atoms with Gasteiger partial charge in [-0.25, -0.2) is 9.78 Å². The number of benzene rings is 3. The summed E-state index contributed by atoms with van der Waals surface area (Å²) in [6.45, 7) is 0. The van der Waals surface area contributed by atoms with Gasteiger partial charge in [0.25, 0.3) is 5.91 Å². The fourth-order valence-corrected chi connectivity index (χ4v) is 2.94. The van der Waals surface area contributed by atoms with Crippen LogP contribution in [0.4, 0.5) is 5.69 Å². The third kappa shape index (κ3) is 4.25. The van der Waals surface area contributed by atoms with Gasteiger partial charge < -0.3 is 10.1 Å². The number of aromatic nitrogens is 1. The number of ether oxygens (including phenoxy) is 1. The average molecular weight is 403 g/mol. The zero-order valence-corrected chi connectivity index (χ0v) is 15.9. The van der Waals surface area contributed by atoms with Crippen molar-refractivity contribution in [3.63, 3.8) is 0 Å². The van der Waals surface area contributed by atoms with Crippen LogP contribution in [0.15, 0.2) is 84.9 Å². The minimum atomic E-state index is -0.588. The molecule has 5 nitrogen and oxygen atoms in total. The van der Waals surface area contributed by atoms with E-state index in [4.69, 9.17) is 16.3 Å². The van der Waals surface area contributed by atoms with Gasteiger partial charge in [-0.2, -0.15) is 0 Å². The van der Waals surface area contributed by atoms with Crippen LogP contribution in [0.3, 0.4) is 0 Å². The highest BCUT2D eigenvalue weighted by molar-refractivity contribution is 6.30. The number of fused-ring (bicyclic) bond motifs is 1. The molecule has 0 saturated heterocycles. The van der Waals surface area contributed by atoms with E-state index in [2.05, 4.69) is 10.3 Å². The lowest BCUT2D eigenvalue weighted by atomic mass is 10.1. The van der Waals surface area contributed by atoms with Crippen LogP contribution < -0.4 is 10.1 Å². The van der Waals surface area contributed by atoms with E-state index in [0.717, 1.165) is 10.9 Å². The van der Waals surface area contributed by atoms with Crippen molar-refractivity contribution in [1.29, 1.82) is 0 Å². The number of halogens is 1. The van der Waals surface area contributed by atoms with Crippen molar-refractivity contribution in [2.24, 2.45) is 0 Å². The lowest BCUT2D eigenvalue weighted by Gasteiger charge is -2.11. The lowest BCUT2D eigenvalue weighted by Crippen LogP contribution is -2.18. The Morgan fingerprint density at radius 2 is 1.55 bits per heavy atom. The Labute approximate surface area is 171 Å². The monoisotopic (exact) mass is 402 g/mol. The van der Waals surface area contributed by atoms with E-state index in [0.29, 0.717) is 16.5 Å². The van der Waals surface area contributed by atoms with Crippen LogP contribution in [0.25, 0.3) is 10.9 Å². The summed E-state index contributed by atoms with van der Waals surface area (Å²) in [7, 11) is 0. The van der Waals surface area contributed by atoms with Gasteiger partial charge in [-0.15, -0.1) is 0 Å². The summed E-state index contributed by atoms with van der Waals surface area (Å²) in [5, 5.41) is 4.23. The van der Waals surface area contributed by atoms with Gasteiger partial charge in [0, 0.05) is 10.4 Å². The van der Waals surface area contributed by atoms with E-state index < -0.39 is 11.9 Å². The molecule has 4 rings (SSSR count). The van der Waals surface area contributed by atoms with Gasteiger partial charge in [-0.3, -0.25) is 4.79 Å². The summed E-state index contributed by atoms with van der Waals surface area (Å²) in [6, 6.07) is 24.1. The van der Waals surface area contributed by atoms with Gasteiger partial charge in [0.2, 0.25) is 0 Å². The number of nitrogens with zero attached hydrogens (tertiary/aromatic N) is 1. The molecule has 0 bridgehead atoms. The van der Waals surface area contributed by atoms with Gasteiger partial charge >= 0.3 is 5.97 Å². The molecule has 4 aromatic rings. The minimum Gasteiger partial charge on any atom is -0.423 e. The fourth-order valence-electron chi connectivity index (χ4n) is 2.81. The third-order valence-electron chi connectivity index (χ3n) is 4.25. The van der Waals surface area contributed by atoms with E-state index in [9.17, 15) is 9.59 Å². The number of esters is 1. The Morgan fingerprint density at radius 3 is 2.38 bits per heavy atom. The summed E-state index contributed by atoms with van der Waals surface area (Å²) in [5.41, 5.74) is 1.54. The molecule has 1 aromatic heterocycles. The molecule has 1 amide bonds. The number of para-hydroxylation sites is 2. The normalized spacial score (nSPS) is 10.5. The molecule has 0 aliphatic carbocycles. The molecule has 0 fully saturated rings. The maximum atomic E-state index is 12.7. The van der Waals surface area contributed by atoms with Crippen molar-refractivity contribution in [1.82, 2.24) is 4.98 Å². The third-order valence-corrected chi connectivity index (χ3v) is 4.50. The van der Waals surface area contributed by atoms with Crippen molar-refractivity contribution in [3.05, 3.63) is 101 Å². The van der Waals surface area contributed by atoms with Crippen molar-refractivity contribution in [3.8, 4) is 5.75 Å². The molecule has 0 atom stereocenters. The van der Waals surface area contributed by atoms with Crippen molar-refractivity contribution in [2.75, 3.05) is 5.32 Å². The summed E-state index contributed by atoms with van der Waals surface area (Å²) in [6.07, 6.45) is 0. The molecule has 29 heavy (non-hydrogen) atoms. The predicted octanol–water partition coefficient (Wildman–Crippen LogP) is 5.36. The summed E-state index contributed by atoms with van der Waals surface area (Å²) in [4.78, 5) is 29.7. The van der Waals surface area contributed by atoms with Gasteiger partial charge in [-0.1, -0.05) is 48.0 Å². The molecule has 0 aliphatic rings. The van der Waals surface area contributed by atoms with E-state index in [1.54, 1.807) is 54.6 Å². The fraction of sp³-hybridized carbons (Fsp3) is 0. The van der Waals surface area contributed by atoms with Crippen molar-refractivity contribution in [2.45, 2.75) is 0 Å². The first-order chi connectivity index (χ1) is 14.1. The number of nitrogens with one attached hydrogen (secondary N) is 1. The van der Waals surface area contributed by atoms with E-state index in [1.807, 2.05) is 30.3 Å². The average Bonchev–Trinajstić information content (AvgIpc) is 2.75. The van der Waals surface area contributed by atoms with Crippen LogP contribution in [0, 0.1) is 0 Å². The number of hydrogen-bond acceptors (Lipinski definition) is 4. The minimum absolute atomic E-state index is 0.233. The first kappa shape index (κ1) is 18.7. The number of carbonyl (C=O) groups is 2. The second kappa shape index (κ2) is 8.12. The van der Waals surface area contributed by atoms with Crippen LogP contribution >= 0.6 is 11.6 Å². The highest BCUT2D eigenvalue weighted by atomic mass is 35.5. The number of pyridine rings is 1. The molecule has 142 valence electrons. The number of amides is 1. The first-order valence-electron chi connectivity index (χ1n) is 8.84. The molecule has 3 aromatic carbocycles. The zero-order chi connectivity index (χ0) is 20.2. The molecule has 0 aliphatic heterocycles. The molecule has 1 N–H and O–H groups in total.